The molecule has 9 heteroatoms. The summed E-state index contributed by atoms with van der Waals surface area (Å²) < 4.78 is 75.4. The summed E-state index contributed by atoms with van der Waals surface area (Å²) in [6, 6.07) is 41.2. The molecule has 0 radical (unpaired) electrons. The first kappa shape index (κ1) is 63.9. The van der Waals surface area contributed by atoms with Gasteiger partial charge in [0.2, 0.25) is 0 Å². The molecule has 0 aliphatic carbocycles. The highest BCUT2D eigenvalue weighted by atomic mass is 35.5. The maximum Gasteiger partial charge on any atom is 0.416 e. The van der Waals surface area contributed by atoms with Gasteiger partial charge >= 0.3 is 6.18 Å². The number of rotatable bonds is 8. The van der Waals surface area contributed by atoms with Gasteiger partial charge in [0.05, 0.1) is 5.56 Å². The van der Waals surface area contributed by atoms with Crippen LogP contribution in [0.2, 0.25) is 15.1 Å². The van der Waals surface area contributed by atoms with Crippen molar-refractivity contribution in [2.75, 3.05) is 0 Å². The molecule has 0 spiro atoms. The van der Waals surface area contributed by atoms with Crippen LogP contribution in [0.5, 0.6) is 0 Å². The minimum absolute atomic E-state index is 0.101. The van der Waals surface area contributed by atoms with Gasteiger partial charge in [-0.15, -0.1) is 0 Å². The van der Waals surface area contributed by atoms with Gasteiger partial charge in [-0.05, 0) is 153 Å². The molecule has 6 aromatic rings. The van der Waals surface area contributed by atoms with E-state index in [1.807, 2.05) is 50.2 Å². The van der Waals surface area contributed by atoms with Crippen molar-refractivity contribution in [1.29, 1.82) is 0 Å². The summed E-state index contributed by atoms with van der Waals surface area (Å²) >= 11 is 18.2. The molecule has 0 saturated carbocycles. The lowest BCUT2D eigenvalue weighted by molar-refractivity contribution is -0.138. The SMILES string of the molecule is CC(C)(C)C(c1ccccc1)c1cccc(Cl)c1.CC(C)(C)Cc1ccc(F)c(F)c1.CC(C)(C)Cc1ccc(F)cc1.CC(C)Cc1ccccc1C(F)(F)F.CCC(c1cc(Cl)cc(Cl)c1)C(C)(C)C. The predicted molar refractivity (Wildman–Crippen MR) is 297 cm³/mol. The zero-order chi connectivity index (χ0) is 54.8. The van der Waals surface area contributed by atoms with Crippen LogP contribution in [-0.4, -0.2) is 0 Å². The second kappa shape index (κ2) is 28.4. The van der Waals surface area contributed by atoms with Crippen LogP contribution in [0, 0.1) is 45.0 Å². The molecule has 6 aromatic carbocycles. The monoisotopic (exact) mass is 1050 g/mol. The highest BCUT2D eigenvalue weighted by molar-refractivity contribution is 6.34. The maximum atomic E-state index is 12.8. The summed E-state index contributed by atoms with van der Waals surface area (Å²) in [6.07, 6.45) is -0.918. The van der Waals surface area contributed by atoms with Crippen LogP contribution >= 0.6 is 34.8 Å². The highest BCUT2D eigenvalue weighted by Gasteiger charge is 2.33. The number of benzene rings is 6. The number of hydrogen-bond donors (Lipinski definition) is 0. The van der Waals surface area contributed by atoms with Crippen LogP contribution in [0.4, 0.5) is 26.3 Å². The van der Waals surface area contributed by atoms with E-state index >= 15 is 0 Å². The van der Waals surface area contributed by atoms with Gasteiger partial charge in [-0.3, -0.25) is 0 Å². The first-order chi connectivity index (χ1) is 33.1. The molecule has 0 bridgehead atoms. The minimum atomic E-state index is -4.23. The molecule has 2 unspecified atom stereocenters. The number of alkyl halides is 3. The van der Waals surface area contributed by atoms with E-state index in [0.717, 1.165) is 46.0 Å². The predicted octanol–water partition coefficient (Wildman–Crippen LogP) is 21.9. The Hall–Kier alpha value is -4.23. The van der Waals surface area contributed by atoms with Crippen LogP contribution in [0.15, 0.2) is 140 Å². The van der Waals surface area contributed by atoms with E-state index in [1.54, 1.807) is 24.3 Å². The zero-order valence-electron chi connectivity index (χ0n) is 45.2. The molecule has 0 aromatic heterocycles. The van der Waals surface area contributed by atoms with E-state index in [1.165, 1.54) is 52.6 Å². The average molecular weight is 1060 g/mol. The van der Waals surface area contributed by atoms with Crippen LogP contribution in [0.25, 0.3) is 0 Å². The normalized spacial score (nSPS) is 12.7. The Morgan fingerprint density at radius 1 is 0.458 bits per heavy atom. The smallest absolute Gasteiger partial charge is 0.207 e. The molecule has 0 aliphatic rings. The fourth-order valence-corrected chi connectivity index (χ4v) is 9.28. The molecule has 2 atom stereocenters. The van der Waals surface area contributed by atoms with Gasteiger partial charge < -0.3 is 0 Å². The van der Waals surface area contributed by atoms with Crippen LogP contribution in [0.3, 0.4) is 0 Å². The first-order valence-electron chi connectivity index (χ1n) is 24.7. The molecule has 394 valence electrons. The Balaban J connectivity index is 0.000000311. The van der Waals surface area contributed by atoms with Gasteiger partial charge in [-0.25, -0.2) is 13.2 Å². The maximum absolute atomic E-state index is 12.8. The summed E-state index contributed by atoms with van der Waals surface area (Å²) in [5.74, 6) is -0.614. The lowest BCUT2D eigenvalue weighted by Gasteiger charge is -2.32. The van der Waals surface area contributed by atoms with E-state index in [2.05, 4.69) is 132 Å². The Labute approximate surface area is 444 Å². The van der Waals surface area contributed by atoms with Gasteiger partial charge in [0, 0.05) is 21.0 Å². The van der Waals surface area contributed by atoms with Crippen molar-refractivity contribution in [2.24, 2.45) is 27.6 Å². The Bertz CT molecular complexity index is 2480. The van der Waals surface area contributed by atoms with Crippen molar-refractivity contribution >= 4 is 34.8 Å². The van der Waals surface area contributed by atoms with Crippen LogP contribution < -0.4 is 0 Å². The van der Waals surface area contributed by atoms with Crippen molar-refractivity contribution in [3.63, 3.8) is 0 Å². The van der Waals surface area contributed by atoms with E-state index in [4.69, 9.17) is 34.8 Å². The molecule has 0 N–H and O–H groups in total. The third-order valence-corrected chi connectivity index (χ3v) is 11.9. The fourth-order valence-electron chi connectivity index (χ4n) is 8.54. The summed E-state index contributed by atoms with van der Waals surface area (Å²) in [4.78, 5) is 0. The lowest BCUT2D eigenvalue weighted by Crippen LogP contribution is -2.19. The minimum Gasteiger partial charge on any atom is -0.207 e. The Kier molecular flexibility index (Phi) is 25.2. The van der Waals surface area contributed by atoms with Gasteiger partial charge in [-0.2, -0.15) is 13.2 Å². The van der Waals surface area contributed by atoms with Crippen molar-refractivity contribution in [3.05, 3.63) is 211 Å². The average Bonchev–Trinajstić information content (AvgIpc) is 3.22. The highest BCUT2D eigenvalue weighted by Crippen LogP contribution is 2.42. The van der Waals surface area contributed by atoms with Gasteiger partial charge in [-0.1, -0.05) is 218 Å². The third-order valence-electron chi connectivity index (χ3n) is 11.2. The summed E-state index contributed by atoms with van der Waals surface area (Å²) in [5.41, 5.74) is 6.55. The summed E-state index contributed by atoms with van der Waals surface area (Å²) in [7, 11) is 0. The van der Waals surface area contributed by atoms with E-state index < -0.39 is 23.4 Å². The molecule has 0 fully saturated rings. The number of halogens is 9. The second-order valence-electron chi connectivity index (χ2n) is 23.4. The third kappa shape index (κ3) is 24.7. The largest absolute Gasteiger partial charge is 0.416 e. The quantitative estimate of drug-likeness (QED) is 0.133. The Morgan fingerprint density at radius 3 is 1.40 bits per heavy atom. The summed E-state index contributed by atoms with van der Waals surface area (Å²) in [5, 5.41) is 2.25. The molecule has 0 heterocycles. The van der Waals surface area contributed by atoms with Gasteiger partial charge in [0.25, 0.3) is 0 Å². The van der Waals surface area contributed by atoms with Gasteiger partial charge in [0.15, 0.2) is 11.6 Å². The van der Waals surface area contributed by atoms with Crippen molar-refractivity contribution < 1.29 is 26.3 Å². The molecule has 72 heavy (non-hydrogen) atoms. The Morgan fingerprint density at radius 2 is 0.944 bits per heavy atom. The fraction of sp³-hybridized carbons (Fsp3) is 0.429. The second-order valence-corrected chi connectivity index (χ2v) is 24.7. The van der Waals surface area contributed by atoms with Crippen LogP contribution in [-0.2, 0) is 25.4 Å². The standard InChI is InChI=1S/C17H19Cl.C13H18Cl2.C11H13F3.C11H14F2.C11H15F/c1-17(2,3)16(13-8-5-4-6-9-13)14-10-7-11-15(18)12-14;1-5-12(13(2,3)4)9-6-10(14)8-11(15)7-9;1-8(2)7-9-5-3-4-6-10(9)11(12,13)14;1-11(2,3)7-8-4-5-9(12)10(13)6-8;1-11(2,3)8-9-4-6-10(12)7-5-9/h4-12,16H,1-3H3;6-8,12H,5H2,1-4H3;3-6,8H,7H2,1-2H3;4-6H,7H2,1-3H3;4-7H,8H2,1-3H3. The summed E-state index contributed by atoms with van der Waals surface area (Å²) in [6.45, 7) is 32.3. The zero-order valence-corrected chi connectivity index (χ0v) is 47.5. The number of hydrogen-bond acceptors (Lipinski definition) is 0. The molecular formula is C63H79Cl3F6. The van der Waals surface area contributed by atoms with Crippen molar-refractivity contribution in [2.45, 2.75) is 148 Å². The van der Waals surface area contributed by atoms with Crippen LogP contribution in [0.1, 0.15) is 161 Å². The first-order valence-corrected chi connectivity index (χ1v) is 25.8. The van der Waals surface area contributed by atoms with E-state index in [0.29, 0.717) is 23.8 Å². The lowest BCUT2D eigenvalue weighted by atomic mass is 9.73. The molecule has 0 saturated heterocycles. The molecule has 0 aliphatic heterocycles. The van der Waals surface area contributed by atoms with Crippen molar-refractivity contribution in [3.8, 4) is 0 Å². The molecule has 0 amide bonds. The molecule has 0 nitrogen and oxygen atoms in total. The van der Waals surface area contributed by atoms with E-state index in [-0.39, 0.29) is 33.4 Å². The topological polar surface area (TPSA) is 0 Å². The van der Waals surface area contributed by atoms with Gasteiger partial charge in [0.1, 0.15) is 5.82 Å². The molecule has 6 rings (SSSR count). The van der Waals surface area contributed by atoms with E-state index in [9.17, 15) is 26.3 Å². The molecular weight excluding hydrogens is 977 g/mol. The van der Waals surface area contributed by atoms with Crippen molar-refractivity contribution in [1.82, 2.24) is 0 Å².